The molecule has 2 N–H and O–H groups in total. The summed E-state index contributed by atoms with van der Waals surface area (Å²) >= 11 is 0. The van der Waals surface area contributed by atoms with Crippen LogP contribution in [0.25, 0.3) is 0 Å². The second-order valence-electron chi connectivity index (χ2n) is 5.41. The van der Waals surface area contributed by atoms with E-state index in [1.54, 1.807) is 0 Å². The van der Waals surface area contributed by atoms with E-state index in [4.69, 9.17) is 5.73 Å². The van der Waals surface area contributed by atoms with E-state index in [-0.39, 0.29) is 12.0 Å². The fraction of sp³-hybridized carbons (Fsp3) is 0.929. The van der Waals surface area contributed by atoms with Crippen molar-refractivity contribution in [2.45, 2.75) is 71.4 Å². The van der Waals surface area contributed by atoms with Crippen LogP contribution >= 0.6 is 0 Å². The first-order valence-electron chi connectivity index (χ1n) is 7.16. The summed E-state index contributed by atoms with van der Waals surface area (Å²) in [5.74, 6) is 0.539. The van der Waals surface area contributed by atoms with Crippen LogP contribution in [-0.2, 0) is 4.79 Å². The summed E-state index contributed by atoms with van der Waals surface area (Å²) in [6, 6.07) is 0.611. The number of carbonyl (C=O) groups excluding carboxylic acids is 1. The number of hydrogen-bond donors (Lipinski definition) is 1. The van der Waals surface area contributed by atoms with Gasteiger partial charge >= 0.3 is 0 Å². The fourth-order valence-corrected chi connectivity index (χ4v) is 2.57. The van der Waals surface area contributed by atoms with Crippen molar-refractivity contribution in [3.63, 3.8) is 0 Å². The van der Waals surface area contributed by atoms with Crippen LogP contribution in [0.3, 0.4) is 0 Å². The van der Waals surface area contributed by atoms with Crippen molar-refractivity contribution in [2.24, 2.45) is 11.7 Å². The Kier molecular flexibility index (Phi) is 5.96. The van der Waals surface area contributed by atoms with Gasteiger partial charge in [0.15, 0.2) is 0 Å². The molecule has 0 bridgehead atoms. The average Bonchev–Trinajstić information content (AvgIpc) is 2.75. The number of rotatable bonds is 6. The van der Waals surface area contributed by atoms with Gasteiger partial charge in [0.2, 0.25) is 5.91 Å². The van der Waals surface area contributed by atoms with Crippen molar-refractivity contribution >= 4 is 5.91 Å². The largest absolute Gasteiger partial charge is 0.340 e. The van der Waals surface area contributed by atoms with Gasteiger partial charge < -0.3 is 10.6 Å². The quantitative estimate of drug-likeness (QED) is 0.775. The highest BCUT2D eigenvalue weighted by atomic mass is 16.2. The summed E-state index contributed by atoms with van der Waals surface area (Å²) in [5, 5.41) is 0. The zero-order valence-corrected chi connectivity index (χ0v) is 11.6. The van der Waals surface area contributed by atoms with Crippen LogP contribution in [0.1, 0.15) is 59.3 Å². The van der Waals surface area contributed by atoms with Gasteiger partial charge in [-0.2, -0.15) is 0 Å². The van der Waals surface area contributed by atoms with Crippen LogP contribution in [0.15, 0.2) is 0 Å². The summed E-state index contributed by atoms with van der Waals surface area (Å²) in [7, 11) is 0. The highest BCUT2D eigenvalue weighted by Gasteiger charge is 2.32. The summed E-state index contributed by atoms with van der Waals surface area (Å²) in [6.07, 6.45) is 6.17. The van der Waals surface area contributed by atoms with E-state index in [1.165, 1.54) is 0 Å². The van der Waals surface area contributed by atoms with Crippen LogP contribution in [0.5, 0.6) is 0 Å². The van der Waals surface area contributed by atoms with Crippen molar-refractivity contribution in [2.75, 3.05) is 6.54 Å². The van der Waals surface area contributed by atoms with Gasteiger partial charge in [-0.1, -0.05) is 20.3 Å². The molecule has 0 aromatic carbocycles. The number of carbonyl (C=O) groups is 1. The molecule has 100 valence electrons. The Bertz CT molecular complexity index is 242. The Hall–Kier alpha value is -0.570. The second kappa shape index (κ2) is 7.00. The van der Waals surface area contributed by atoms with Crippen molar-refractivity contribution in [3.05, 3.63) is 0 Å². The summed E-state index contributed by atoms with van der Waals surface area (Å²) < 4.78 is 0. The lowest BCUT2D eigenvalue weighted by atomic mass is 10.0. The number of unbranched alkanes of at least 4 members (excludes halogenated alkanes) is 1. The molecular weight excluding hydrogens is 212 g/mol. The standard InChI is InChI=1S/C14H28N2O/c1-4-6-9-16(11(3)5-2)14(17)12-7-8-13(15)10-12/h11-13H,4-10,15H2,1-3H3. The molecule has 1 aliphatic carbocycles. The molecule has 0 aliphatic heterocycles. The molecule has 1 amide bonds. The molecule has 0 aromatic rings. The molecular formula is C14H28N2O. The fourth-order valence-electron chi connectivity index (χ4n) is 2.57. The molecule has 17 heavy (non-hydrogen) atoms. The number of hydrogen-bond acceptors (Lipinski definition) is 2. The molecule has 1 rings (SSSR count). The zero-order valence-electron chi connectivity index (χ0n) is 11.6. The van der Waals surface area contributed by atoms with Crippen molar-refractivity contribution in [1.82, 2.24) is 4.90 Å². The molecule has 3 heteroatoms. The minimum absolute atomic E-state index is 0.191. The van der Waals surface area contributed by atoms with Gasteiger partial charge in [-0.25, -0.2) is 0 Å². The SMILES string of the molecule is CCCCN(C(=O)C1CCC(N)C1)C(C)CC. The molecule has 0 radical (unpaired) electrons. The lowest BCUT2D eigenvalue weighted by molar-refractivity contribution is -0.137. The highest BCUT2D eigenvalue weighted by Crippen LogP contribution is 2.27. The normalized spacial score (nSPS) is 25.9. The zero-order chi connectivity index (χ0) is 12.8. The maximum atomic E-state index is 12.5. The molecule has 0 heterocycles. The number of amides is 1. The van der Waals surface area contributed by atoms with E-state index < -0.39 is 0 Å². The predicted molar refractivity (Wildman–Crippen MR) is 71.7 cm³/mol. The minimum atomic E-state index is 0.191. The molecule has 0 spiro atoms. The Morgan fingerprint density at radius 2 is 2.12 bits per heavy atom. The van der Waals surface area contributed by atoms with Crippen LogP contribution < -0.4 is 5.73 Å². The molecule has 0 aromatic heterocycles. The minimum Gasteiger partial charge on any atom is -0.340 e. The van der Waals surface area contributed by atoms with Crippen LogP contribution in [0, 0.1) is 5.92 Å². The van der Waals surface area contributed by atoms with Crippen LogP contribution in [0.2, 0.25) is 0 Å². The van der Waals surface area contributed by atoms with E-state index >= 15 is 0 Å². The van der Waals surface area contributed by atoms with Crippen molar-refractivity contribution in [1.29, 1.82) is 0 Å². The van der Waals surface area contributed by atoms with Gasteiger partial charge in [0, 0.05) is 24.5 Å². The predicted octanol–water partition coefficient (Wildman–Crippen LogP) is 2.54. The van der Waals surface area contributed by atoms with E-state index in [0.717, 1.165) is 45.1 Å². The monoisotopic (exact) mass is 240 g/mol. The first-order chi connectivity index (χ1) is 8.10. The van der Waals surface area contributed by atoms with Gasteiger partial charge in [0.1, 0.15) is 0 Å². The second-order valence-corrected chi connectivity index (χ2v) is 5.41. The lowest BCUT2D eigenvalue weighted by Gasteiger charge is -2.31. The third kappa shape index (κ3) is 3.98. The van der Waals surface area contributed by atoms with Gasteiger partial charge in [-0.15, -0.1) is 0 Å². The first-order valence-corrected chi connectivity index (χ1v) is 7.16. The molecule has 3 atom stereocenters. The molecule has 3 unspecified atom stereocenters. The summed E-state index contributed by atoms with van der Waals surface area (Å²) in [4.78, 5) is 14.6. The van der Waals surface area contributed by atoms with Gasteiger partial charge in [0.25, 0.3) is 0 Å². The highest BCUT2D eigenvalue weighted by molar-refractivity contribution is 5.79. The molecule has 1 saturated carbocycles. The van der Waals surface area contributed by atoms with E-state index in [1.807, 2.05) is 0 Å². The van der Waals surface area contributed by atoms with Crippen LogP contribution in [-0.4, -0.2) is 29.4 Å². The van der Waals surface area contributed by atoms with Gasteiger partial charge in [-0.05, 0) is 39.0 Å². The topological polar surface area (TPSA) is 46.3 Å². The molecule has 3 nitrogen and oxygen atoms in total. The third-order valence-corrected chi connectivity index (χ3v) is 3.98. The van der Waals surface area contributed by atoms with E-state index in [0.29, 0.717) is 11.9 Å². The average molecular weight is 240 g/mol. The molecule has 0 saturated heterocycles. The van der Waals surface area contributed by atoms with Crippen molar-refractivity contribution < 1.29 is 4.79 Å². The van der Waals surface area contributed by atoms with E-state index in [2.05, 4.69) is 25.7 Å². The first kappa shape index (κ1) is 14.5. The molecule has 1 fully saturated rings. The molecule has 1 aliphatic rings. The number of nitrogens with two attached hydrogens (primary N) is 1. The van der Waals surface area contributed by atoms with Crippen molar-refractivity contribution in [3.8, 4) is 0 Å². The maximum absolute atomic E-state index is 12.5. The maximum Gasteiger partial charge on any atom is 0.225 e. The van der Waals surface area contributed by atoms with Gasteiger partial charge in [0.05, 0.1) is 0 Å². The lowest BCUT2D eigenvalue weighted by Crippen LogP contribution is -2.42. The third-order valence-electron chi connectivity index (χ3n) is 3.98. The smallest absolute Gasteiger partial charge is 0.225 e. The van der Waals surface area contributed by atoms with E-state index in [9.17, 15) is 4.79 Å². The summed E-state index contributed by atoms with van der Waals surface area (Å²) in [5.41, 5.74) is 5.90. The Labute approximate surface area is 106 Å². The Morgan fingerprint density at radius 1 is 1.41 bits per heavy atom. The van der Waals surface area contributed by atoms with Crippen LogP contribution in [0.4, 0.5) is 0 Å². The Morgan fingerprint density at radius 3 is 2.59 bits per heavy atom. The summed E-state index contributed by atoms with van der Waals surface area (Å²) in [6.45, 7) is 7.39. The van der Waals surface area contributed by atoms with Gasteiger partial charge in [-0.3, -0.25) is 4.79 Å². The Balaban J connectivity index is 2.58. The number of nitrogens with zero attached hydrogens (tertiary/aromatic N) is 1.